The number of carbonyl (C=O) groups is 9. The van der Waals surface area contributed by atoms with Gasteiger partial charge in [-0.1, -0.05) is 39.5 Å². The van der Waals surface area contributed by atoms with Gasteiger partial charge >= 0.3 is 41.8 Å². The van der Waals surface area contributed by atoms with Crippen molar-refractivity contribution in [2.75, 3.05) is 20.3 Å². The summed E-state index contributed by atoms with van der Waals surface area (Å²) in [6.45, 7) is 10.4. The van der Waals surface area contributed by atoms with Gasteiger partial charge in [-0.25, -0.2) is 33.6 Å². The molecule has 80 heavy (non-hydrogen) atoms. The van der Waals surface area contributed by atoms with E-state index in [2.05, 4.69) is 21.8 Å². The van der Waals surface area contributed by atoms with Gasteiger partial charge in [-0.3, -0.25) is 19.6 Å². The largest absolute Gasteiger partial charge is 0.493 e. The Hall–Kier alpha value is -9.65. The lowest BCUT2D eigenvalue weighted by molar-refractivity contribution is -0.197. The van der Waals surface area contributed by atoms with Gasteiger partial charge in [-0.2, -0.15) is 0 Å². The van der Waals surface area contributed by atoms with E-state index in [-0.39, 0.29) is 136 Å². The Morgan fingerprint density at radius 2 is 1.06 bits per heavy atom. The lowest BCUT2D eigenvalue weighted by Gasteiger charge is -2.16. The molecule has 3 aromatic heterocycles. The molecule has 0 saturated carbocycles. The number of imide groups is 1. The number of carbonyl (C=O) groups excluding carboxylic acids is 5. The number of rotatable bonds is 16. The number of hydrogen-bond acceptors (Lipinski definition) is 15. The van der Waals surface area contributed by atoms with Gasteiger partial charge in [-0.15, -0.1) is 5.06 Å². The molecule has 8 bridgehead atoms. The molecule has 6 N–H and O–H groups in total. The predicted octanol–water partition coefficient (Wildman–Crippen LogP) is 8.36. The van der Waals surface area contributed by atoms with Crippen LogP contribution in [0.3, 0.4) is 0 Å². The van der Waals surface area contributed by atoms with Crippen LogP contribution in [0.4, 0.5) is 0 Å². The van der Waals surface area contributed by atoms with E-state index < -0.39 is 86.7 Å². The van der Waals surface area contributed by atoms with Gasteiger partial charge in [0.1, 0.15) is 0 Å². The predicted molar refractivity (Wildman–Crippen MR) is 284 cm³/mol. The number of nitrogens with zero attached hydrogens (tertiary/aromatic N) is 3. The Labute approximate surface area is 456 Å². The number of hydrogen-bond donors (Lipinski definition) is 6. The molecule has 22 nitrogen and oxygen atoms in total. The zero-order valence-corrected chi connectivity index (χ0v) is 44.6. The maximum Gasteiger partial charge on any atom is 0.341 e. The Kier molecular flexibility index (Phi) is 15.8. The summed E-state index contributed by atoms with van der Waals surface area (Å²) in [5.41, 5.74) is -1.89. The number of methoxy groups -OCH3 is 1. The number of unbranched alkanes of at least 4 members (excludes halogenated alkanes) is 2. The molecule has 2 aromatic carbocycles. The van der Waals surface area contributed by atoms with Gasteiger partial charge in [0, 0.05) is 82.9 Å². The lowest BCUT2D eigenvalue weighted by atomic mass is 9.85. The Bertz CT molecular complexity index is 3680. The highest BCUT2D eigenvalue weighted by Gasteiger charge is 2.37. The van der Waals surface area contributed by atoms with Crippen LogP contribution in [0.2, 0.25) is 0 Å². The topological polar surface area (TPSA) is 332 Å². The number of aromatic amines is 2. The molecule has 6 heterocycles. The molecule has 0 radical (unpaired) electrons. The van der Waals surface area contributed by atoms with Gasteiger partial charge in [-0.05, 0) is 86.3 Å². The lowest BCUT2D eigenvalue weighted by Crippen LogP contribution is -2.31. The minimum Gasteiger partial charge on any atom is -0.493 e. The third-order valence-electron chi connectivity index (χ3n) is 13.7. The van der Waals surface area contributed by atoms with Gasteiger partial charge in [0.2, 0.25) is 0 Å². The van der Waals surface area contributed by atoms with Crippen LogP contribution >= 0.6 is 0 Å². The van der Waals surface area contributed by atoms with Crippen molar-refractivity contribution in [3.05, 3.63) is 110 Å². The molecule has 8 rings (SSSR count). The van der Waals surface area contributed by atoms with E-state index in [9.17, 15) is 63.6 Å². The average molecular weight is 1090 g/mol. The van der Waals surface area contributed by atoms with Gasteiger partial charge < -0.3 is 49.4 Å². The summed E-state index contributed by atoms with van der Waals surface area (Å²) in [4.78, 5) is 138. The van der Waals surface area contributed by atoms with Crippen LogP contribution in [0.15, 0.2) is 48.5 Å². The van der Waals surface area contributed by atoms with Gasteiger partial charge in [0.15, 0.2) is 5.75 Å². The summed E-state index contributed by atoms with van der Waals surface area (Å²) in [5, 5.41) is 41.5. The number of H-pyrrole nitrogens is 2. The molecule has 3 aliphatic heterocycles. The molecule has 0 atom stereocenters. The zero-order valence-electron chi connectivity index (χ0n) is 44.6. The highest BCUT2D eigenvalue weighted by Crippen LogP contribution is 2.44. The summed E-state index contributed by atoms with van der Waals surface area (Å²) in [5.74, 6) is -3.24. The molecule has 0 unspecified atom stereocenters. The van der Waals surface area contributed by atoms with Crippen LogP contribution < -0.4 is 4.74 Å². The molecule has 0 spiro atoms. The second kappa shape index (κ2) is 22.4. The first-order valence-corrected chi connectivity index (χ1v) is 25.4. The van der Waals surface area contributed by atoms with Crippen molar-refractivity contribution in [1.29, 1.82) is 0 Å². The number of carboxylic acid groups (broad SMARTS) is 4. The van der Waals surface area contributed by atoms with Crippen LogP contribution in [0.1, 0.15) is 171 Å². The van der Waals surface area contributed by atoms with Crippen molar-refractivity contribution in [2.24, 2.45) is 0 Å². The summed E-state index contributed by atoms with van der Waals surface area (Å²) in [7, 11) is 1.35. The van der Waals surface area contributed by atoms with E-state index in [0.29, 0.717) is 22.9 Å². The molecule has 22 heteroatoms. The quantitative estimate of drug-likeness (QED) is 0.0234. The fraction of sp³-hybridized carbons (Fsp3) is 0.328. The van der Waals surface area contributed by atoms with Gasteiger partial charge in [0.05, 0.1) is 81.7 Å². The van der Waals surface area contributed by atoms with E-state index in [1.54, 1.807) is 26.0 Å². The fourth-order valence-electron chi connectivity index (χ4n) is 9.84. The summed E-state index contributed by atoms with van der Waals surface area (Å²) in [6.07, 6.45) is 0.613. The average Bonchev–Trinajstić information content (AvgIpc) is 4.32. The first kappa shape index (κ1) is 56.6. The third kappa shape index (κ3) is 11.2. The second-order valence-electron chi connectivity index (χ2n) is 20.3. The van der Waals surface area contributed by atoms with E-state index in [1.807, 2.05) is 27.7 Å². The SMILES string of the molecule is CCOC(=O)c1c(-c2cc(C(=O)O)cc(C(=O)O)c2)c2cc3nc(c(OC)c4[nH]c(cc5nc(c(C#CCCCCC(=O)ON6C(=O)CCC6=O)c1[nH]2)CC5(C)C)c(-c1cc(C(=O)O)cc(C(=O)O)c1)c4C(=O)OCC)CC3(C)C. The number of amides is 2. The smallest absolute Gasteiger partial charge is 0.341 e. The van der Waals surface area contributed by atoms with Crippen molar-refractivity contribution in [3.8, 4) is 39.8 Å². The van der Waals surface area contributed by atoms with Crippen LogP contribution in [0, 0.1) is 11.8 Å². The summed E-state index contributed by atoms with van der Waals surface area (Å²) >= 11 is 0. The van der Waals surface area contributed by atoms with Crippen LogP contribution in [0.25, 0.3) is 44.3 Å². The molecule has 1 saturated heterocycles. The maximum atomic E-state index is 14.8. The van der Waals surface area contributed by atoms with Crippen LogP contribution in [-0.4, -0.2) is 119 Å². The Balaban J connectivity index is 1.53. The first-order chi connectivity index (χ1) is 37.9. The number of aromatic nitrogens is 4. The van der Waals surface area contributed by atoms with Crippen LogP contribution in [-0.2, 0) is 52.4 Å². The first-order valence-electron chi connectivity index (χ1n) is 25.4. The third-order valence-corrected chi connectivity index (χ3v) is 13.7. The van der Waals surface area contributed by atoms with Gasteiger partial charge in [0.25, 0.3) is 11.8 Å². The molecule has 3 aliphatic rings. The standard InChI is InChI=1S/C58H55N5O17/c1-8-78-55(75)46-44(28-18-30(51(67)68)22-31(19-28)52(69)70)35-24-40-58(5,6)27-38(60-40)50(77-7)49-47(56(76)79-9-2)45(29-20-32(53(71)72)23-33(21-29)54(73)74)36(62-49)25-39-57(3,4)26-37(59-39)34(48(46)61-35)14-12-10-11-13-15-43(66)80-63-41(64)16-17-42(63)65/h18-25,61-62H,8-11,13,15-17,26-27H2,1-7H3,(H,67,68)(H,69,70)(H,71,72)(H,73,74). The van der Waals surface area contributed by atoms with Crippen molar-refractivity contribution >= 4 is 75.7 Å². The Morgan fingerprint density at radius 1 is 0.625 bits per heavy atom. The van der Waals surface area contributed by atoms with Crippen LogP contribution in [0.5, 0.6) is 5.75 Å². The van der Waals surface area contributed by atoms with E-state index >= 15 is 0 Å². The number of fused-ring (bicyclic) bond motifs is 8. The number of carboxylic acids is 4. The number of esters is 2. The Morgan fingerprint density at radius 3 is 1.51 bits per heavy atom. The minimum atomic E-state index is -1.46. The zero-order chi connectivity index (χ0) is 58.1. The number of nitrogens with one attached hydrogen (secondary N) is 2. The number of ether oxygens (including phenoxy) is 3. The number of aromatic carboxylic acids is 4. The second-order valence-corrected chi connectivity index (χ2v) is 20.3. The summed E-state index contributed by atoms with van der Waals surface area (Å²) < 4.78 is 17.5. The van der Waals surface area contributed by atoms with E-state index in [1.165, 1.54) is 31.4 Å². The van der Waals surface area contributed by atoms with E-state index in [0.717, 1.165) is 12.1 Å². The molecular formula is C58H55N5O17. The monoisotopic (exact) mass is 1090 g/mol. The molecule has 414 valence electrons. The fourth-order valence-corrected chi connectivity index (χ4v) is 9.84. The highest BCUT2D eigenvalue weighted by atomic mass is 16.7. The minimum absolute atomic E-state index is 0.00389. The van der Waals surface area contributed by atoms with Crippen molar-refractivity contribution in [1.82, 2.24) is 25.0 Å². The van der Waals surface area contributed by atoms with Crippen molar-refractivity contribution in [3.63, 3.8) is 0 Å². The summed E-state index contributed by atoms with van der Waals surface area (Å²) in [6, 6.07) is 10.1. The van der Waals surface area contributed by atoms with Crippen molar-refractivity contribution in [2.45, 2.75) is 104 Å². The highest BCUT2D eigenvalue weighted by molar-refractivity contribution is 6.13. The molecule has 1 fully saturated rings. The maximum absolute atomic E-state index is 14.8. The molecular weight excluding hydrogens is 1040 g/mol. The number of hydroxylamine groups is 2. The van der Waals surface area contributed by atoms with Crippen molar-refractivity contribution < 1.29 is 82.6 Å². The van der Waals surface area contributed by atoms with E-state index in [4.69, 9.17) is 29.0 Å². The normalized spacial score (nSPS) is 14.2. The number of benzene rings is 2. The molecule has 0 aliphatic carbocycles. The molecule has 2 amide bonds. The molecule has 5 aromatic rings.